The fourth-order valence-corrected chi connectivity index (χ4v) is 2.63. The van der Waals surface area contributed by atoms with Crippen molar-refractivity contribution in [3.8, 4) is 0 Å². The zero-order chi connectivity index (χ0) is 13.5. The zero-order valence-corrected chi connectivity index (χ0v) is 11.0. The van der Waals surface area contributed by atoms with Gasteiger partial charge in [0, 0.05) is 6.04 Å². The summed E-state index contributed by atoms with van der Waals surface area (Å²) in [6.07, 6.45) is -5.18. The first-order chi connectivity index (χ1) is 8.29. The number of aromatic nitrogens is 2. The van der Waals surface area contributed by atoms with Crippen molar-refractivity contribution < 1.29 is 13.2 Å². The quantitative estimate of drug-likeness (QED) is 0.784. The lowest BCUT2D eigenvalue weighted by atomic mass is 10.2. The van der Waals surface area contributed by atoms with Crippen LogP contribution >= 0.6 is 23.8 Å². The molecule has 0 saturated carbocycles. The molecule has 0 amide bonds. The van der Waals surface area contributed by atoms with E-state index < -0.39 is 18.6 Å². The lowest BCUT2D eigenvalue weighted by Crippen LogP contribution is -2.16. The molecular weight excluding hydrogens is 285 g/mol. The van der Waals surface area contributed by atoms with Crippen LogP contribution in [-0.2, 0) is 0 Å². The Balaban J connectivity index is 2.57. The Labute approximate surface area is 111 Å². The van der Waals surface area contributed by atoms with Gasteiger partial charge in [-0.2, -0.15) is 13.2 Å². The molecule has 1 atom stereocenters. The molecular formula is C11H10ClF3N2S. The Kier molecular flexibility index (Phi) is 3.42. The van der Waals surface area contributed by atoms with Crippen LogP contribution in [0.15, 0.2) is 18.2 Å². The summed E-state index contributed by atoms with van der Waals surface area (Å²) >= 11 is 11.1. The normalized spacial score (nSPS) is 14.1. The van der Waals surface area contributed by atoms with Gasteiger partial charge in [-0.3, -0.25) is 0 Å². The van der Waals surface area contributed by atoms with Crippen molar-refractivity contribution in [3.63, 3.8) is 0 Å². The minimum atomic E-state index is -4.24. The van der Waals surface area contributed by atoms with Crippen LogP contribution in [0.2, 0.25) is 5.02 Å². The van der Waals surface area contributed by atoms with E-state index in [-0.39, 0.29) is 4.77 Å². The summed E-state index contributed by atoms with van der Waals surface area (Å²) in [7, 11) is 0. The van der Waals surface area contributed by atoms with Gasteiger partial charge in [-0.15, -0.1) is 0 Å². The predicted molar refractivity (Wildman–Crippen MR) is 67.5 cm³/mol. The highest BCUT2D eigenvalue weighted by Crippen LogP contribution is 2.32. The Bertz CT molecular complexity index is 629. The highest BCUT2D eigenvalue weighted by molar-refractivity contribution is 7.71. The number of nitrogens with one attached hydrogen (secondary N) is 1. The molecule has 2 aromatic rings. The molecule has 18 heavy (non-hydrogen) atoms. The first-order valence-corrected chi connectivity index (χ1v) is 6.03. The molecule has 1 heterocycles. The Morgan fingerprint density at radius 1 is 1.44 bits per heavy atom. The van der Waals surface area contributed by atoms with E-state index in [9.17, 15) is 13.2 Å². The fourth-order valence-electron chi connectivity index (χ4n) is 1.98. The van der Waals surface area contributed by atoms with Crippen LogP contribution in [0.4, 0.5) is 13.2 Å². The number of nitrogens with zero attached hydrogens (tertiary/aromatic N) is 1. The molecule has 0 fully saturated rings. The zero-order valence-electron chi connectivity index (χ0n) is 9.38. The summed E-state index contributed by atoms with van der Waals surface area (Å²) in [5, 5.41) is 0.383. The van der Waals surface area contributed by atoms with Crippen LogP contribution in [0.5, 0.6) is 0 Å². The van der Waals surface area contributed by atoms with Crippen LogP contribution in [0, 0.1) is 4.77 Å². The molecule has 0 aliphatic rings. The Hall–Kier alpha value is -1.01. The molecule has 0 bridgehead atoms. The second kappa shape index (κ2) is 4.59. The number of aromatic amines is 1. The monoisotopic (exact) mass is 294 g/mol. The number of hydrogen-bond donors (Lipinski definition) is 1. The predicted octanol–water partition coefficient (Wildman–Crippen LogP) is 4.87. The molecule has 0 aliphatic heterocycles. The summed E-state index contributed by atoms with van der Waals surface area (Å²) in [6.45, 7) is 1.47. The lowest BCUT2D eigenvalue weighted by molar-refractivity contribution is -0.141. The largest absolute Gasteiger partial charge is 0.391 e. The van der Waals surface area contributed by atoms with Crippen LogP contribution in [-0.4, -0.2) is 15.7 Å². The van der Waals surface area contributed by atoms with Gasteiger partial charge in [0.15, 0.2) is 4.77 Å². The van der Waals surface area contributed by atoms with Crippen molar-refractivity contribution in [2.24, 2.45) is 0 Å². The van der Waals surface area contributed by atoms with Crippen molar-refractivity contribution >= 4 is 34.9 Å². The number of hydrogen-bond acceptors (Lipinski definition) is 1. The van der Waals surface area contributed by atoms with Gasteiger partial charge in [-0.05, 0) is 31.3 Å². The van der Waals surface area contributed by atoms with Crippen molar-refractivity contribution in [2.45, 2.75) is 25.6 Å². The van der Waals surface area contributed by atoms with Crippen LogP contribution in [0.1, 0.15) is 19.4 Å². The van der Waals surface area contributed by atoms with Crippen molar-refractivity contribution in [1.29, 1.82) is 0 Å². The standard InChI is InChI=1S/C11H10ClF3N2S/c1-6(5-11(13,14)15)17-9-7(12)3-2-4-8(9)16-10(17)18/h2-4,6H,5H2,1H3,(H,16,18). The third-order valence-corrected chi connectivity index (χ3v) is 3.26. The summed E-state index contributed by atoms with van der Waals surface area (Å²) < 4.78 is 39.0. The van der Waals surface area contributed by atoms with Gasteiger partial charge in [0.2, 0.25) is 0 Å². The minimum absolute atomic E-state index is 0.245. The molecule has 2 rings (SSSR count). The molecule has 98 valence electrons. The van der Waals surface area contributed by atoms with Gasteiger partial charge < -0.3 is 9.55 Å². The number of para-hydroxylation sites is 1. The van der Waals surface area contributed by atoms with E-state index in [4.69, 9.17) is 23.8 Å². The SMILES string of the molecule is CC(CC(F)(F)F)n1c(=S)[nH]c2cccc(Cl)c21. The number of alkyl halides is 3. The van der Waals surface area contributed by atoms with Gasteiger partial charge in [0.05, 0.1) is 22.5 Å². The van der Waals surface area contributed by atoms with E-state index in [1.165, 1.54) is 11.5 Å². The third-order valence-electron chi connectivity index (χ3n) is 2.66. The van der Waals surface area contributed by atoms with Gasteiger partial charge >= 0.3 is 6.18 Å². The highest BCUT2D eigenvalue weighted by Gasteiger charge is 2.31. The summed E-state index contributed by atoms with van der Waals surface area (Å²) in [6, 6.07) is 4.28. The Morgan fingerprint density at radius 2 is 2.11 bits per heavy atom. The number of halogens is 4. The first kappa shape index (κ1) is 13.4. The topological polar surface area (TPSA) is 20.7 Å². The van der Waals surface area contributed by atoms with E-state index in [0.29, 0.717) is 16.1 Å². The number of imidazole rings is 1. The van der Waals surface area contributed by atoms with Crippen LogP contribution in [0.3, 0.4) is 0 Å². The maximum atomic E-state index is 12.4. The van der Waals surface area contributed by atoms with Gasteiger partial charge in [-0.1, -0.05) is 17.7 Å². The molecule has 1 aromatic heterocycles. The molecule has 0 radical (unpaired) electrons. The average Bonchev–Trinajstić information content (AvgIpc) is 2.53. The van der Waals surface area contributed by atoms with E-state index in [1.54, 1.807) is 18.2 Å². The summed E-state index contributed by atoms with van der Waals surface area (Å²) in [4.78, 5) is 2.86. The summed E-state index contributed by atoms with van der Waals surface area (Å²) in [5.41, 5.74) is 1.16. The van der Waals surface area contributed by atoms with E-state index in [1.807, 2.05) is 0 Å². The average molecular weight is 295 g/mol. The molecule has 0 saturated heterocycles. The van der Waals surface area contributed by atoms with Crippen molar-refractivity contribution in [3.05, 3.63) is 28.0 Å². The number of rotatable bonds is 2. The van der Waals surface area contributed by atoms with Gasteiger partial charge in [-0.25, -0.2) is 0 Å². The molecule has 1 unspecified atom stereocenters. The Morgan fingerprint density at radius 3 is 2.72 bits per heavy atom. The van der Waals surface area contributed by atoms with Crippen LogP contribution < -0.4 is 0 Å². The van der Waals surface area contributed by atoms with Crippen molar-refractivity contribution in [2.75, 3.05) is 0 Å². The molecule has 7 heteroatoms. The summed E-state index contributed by atoms with van der Waals surface area (Å²) in [5.74, 6) is 0. The lowest BCUT2D eigenvalue weighted by Gasteiger charge is -2.17. The molecule has 0 spiro atoms. The number of fused-ring (bicyclic) bond motifs is 1. The molecule has 1 aromatic carbocycles. The maximum Gasteiger partial charge on any atom is 0.391 e. The molecule has 0 aliphatic carbocycles. The second-order valence-corrected chi connectivity index (χ2v) is 4.90. The van der Waals surface area contributed by atoms with Gasteiger partial charge in [0.1, 0.15) is 0 Å². The van der Waals surface area contributed by atoms with E-state index in [2.05, 4.69) is 4.98 Å². The highest BCUT2D eigenvalue weighted by atomic mass is 35.5. The third kappa shape index (κ3) is 2.54. The fraction of sp³-hybridized carbons (Fsp3) is 0.364. The maximum absolute atomic E-state index is 12.4. The van der Waals surface area contributed by atoms with E-state index in [0.717, 1.165) is 0 Å². The minimum Gasteiger partial charge on any atom is -0.331 e. The second-order valence-electron chi connectivity index (χ2n) is 4.10. The number of H-pyrrole nitrogens is 1. The van der Waals surface area contributed by atoms with Gasteiger partial charge in [0.25, 0.3) is 0 Å². The molecule has 2 nitrogen and oxygen atoms in total. The van der Waals surface area contributed by atoms with Crippen molar-refractivity contribution in [1.82, 2.24) is 9.55 Å². The van der Waals surface area contributed by atoms with E-state index >= 15 is 0 Å². The van der Waals surface area contributed by atoms with Crippen LogP contribution in [0.25, 0.3) is 11.0 Å². The number of benzene rings is 1. The first-order valence-electron chi connectivity index (χ1n) is 5.25. The molecule has 1 N–H and O–H groups in total. The smallest absolute Gasteiger partial charge is 0.331 e.